The van der Waals surface area contributed by atoms with Gasteiger partial charge in [-0.05, 0) is 51.4 Å². The third-order valence-corrected chi connectivity index (χ3v) is 14.1. The molecule has 4 aliphatic carbocycles. The van der Waals surface area contributed by atoms with Crippen molar-refractivity contribution in [2.75, 3.05) is 0 Å². The maximum absolute atomic E-state index is 16.3. The molecule has 6 aliphatic rings. The second-order valence-electron chi connectivity index (χ2n) is 18.8. The van der Waals surface area contributed by atoms with Crippen LogP contribution in [-0.2, 0) is 14.2 Å². The van der Waals surface area contributed by atoms with Crippen molar-refractivity contribution in [3.8, 4) is 0 Å². The van der Waals surface area contributed by atoms with E-state index >= 15 is 43.9 Å². The molecule has 4 saturated carbocycles. The Labute approximate surface area is 395 Å². The molecule has 3 nitrogen and oxygen atoms in total. The van der Waals surface area contributed by atoms with Crippen LogP contribution in [0.2, 0.25) is 0 Å². The van der Waals surface area contributed by atoms with Crippen molar-refractivity contribution in [1.82, 2.24) is 0 Å². The third-order valence-electron chi connectivity index (χ3n) is 14.1. The van der Waals surface area contributed by atoms with Crippen molar-refractivity contribution in [3.05, 3.63) is 0 Å². The van der Waals surface area contributed by atoms with Crippen LogP contribution in [0.1, 0.15) is 51.4 Å². The quantitative estimate of drug-likeness (QED) is 0.0800. The topological polar surface area (TPSA) is 34.3 Å². The number of alkyl halides is 40. The number of hydrogen-bond acceptors (Lipinski definition) is 3. The zero-order valence-corrected chi connectivity index (χ0v) is 35.2. The highest BCUT2D eigenvalue weighted by Crippen LogP contribution is 2.85. The van der Waals surface area contributed by atoms with E-state index in [-0.39, 0.29) is 0 Å². The second-order valence-corrected chi connectivity index (χ2v) is 18.8. The van der Waals surface area contributed by atoms with Gasteiger partial charge in [0.05, 0.1) is 0 Å². The molecule has 6 fully saturated rings. The Kier molecular flexibility index (Phi) is 12.5. The molecular formula is C34H18F40O3. The van der Waals surface area contributed by atoms with E-state index in [0.29, 0.717) is 0 Å². The lowest BCUT2D eigenvalue weighted by Crippen LogP contribution is -2.76. The van der Waals surface area contributed by atoms with Gasteiger partial charge in [0, 0.05) is 0 Å². The zero-order chi connectivity index (χ0) is 60.9. The average molecular weight is 1230 g/mol. The predicted molar refractivity (Wildman–Crippen MR) is 158 cm³/mol. The summed E-state index contributed by atoms with van der Waals surface area (Å²) < 4.78 is 583. The first-order valence-corrected chi connectivity index (χ1v) is 19.8. The summed E-state index contributed by atoms with van der Waals surface area (Å²) in [5, 5.41) is 0. The molecule has 0 aromatic heterocycles. The van der Waals surface area contributed by atoms with Crippen LogP contribution in [0.4, 0.5) is 176 Å². The fourth-order valence-corrected chi connectivity index (χ4v) is 9.17. The minimum Gasteiger partial charge on any atom is -0.362 e. The van der Waals surface area contributed by atoms with E-state index in [9.17, 15) is 132 Å². The van der Waals surface area contributed by atoms with Crippen molar-refractivity contribution in [2.24, 2.45) is 0 Å². The van der Waals surface area contributed by atoms with Crippen LogP contribution < -0.4 is 0 Å². The molecule has 4 atom stereocenters. The fourth-order valence-electron chi connectivity index (χ4n) is 9.17. The monoisotopic (exact) mass is 1230 g/mol. The molecule has 452 valence electrons. The molecule has 0 radical (unpaired) electrons. The minimum atomic E-state index is -9.48. The maximum Gasteiger partial charge on any atom is 0.460 e. The van der Waals surface area contributed by atoms with Gasteiger partial charge in [-0.3, -0.25) is 0 Å². The summed E-state index contributed by atoms with van der Waals surface area (Å²) in [6.07, 6.45) is -41.9. The van der Waals surface area contributed by atoms with Crippen LogP contribution in [0.5, 0.6) is 0 Å². The van der Waals surface area contributed by atoms with Crippen molar-refractivity contribution in [3.63, 3.8) is 0 Å². The third kappa shape index (κ3) is 6.68. The molecule has 2 saturated heterocycles. The summed E-state index contributed by atoms with van der Waals surface area (Å²) >= 11 is 0. The molecule has 0 amide bonds. The van der Waals surface area contributed by atoms with Crippen molar-refractivity contribution < 1.29 is 190 Å². The molecule has 0 aromatic carbocycles. The van der Waals surface area contributed by atoms with Gasteiger partial charge in [0.2, 0.25) is 12.3 Å². The van der Waals surface area contributed by atoms with E-state index in [1.807, 2.05) is 0 Å². The lowest BCUT2D eigenvalue weighted by atomic mass is 9.78. The maximum atomic E-state index is 16.3. The summed E-state index contributed by atoms with van der Waals surface area (Å²) in [6, 6.07) is 0. The van der Waals surface area contributed by atoms with Crippen LogP contribution in [0.3, 0.4) is 0 Å². The standard InChI is InChI=1S/C34H18F40O3/c35-9(17(41,42)21(45,46)23(49,50)25(53,54)27(57,58)29(61,62)31(65,66)33(69,70)71)15(37,38)19(13(76-19)5-6-13)11(1-2-11)75-12(3-4-12)20(14(77-20)7-8-14)16(39,40)10(36)18(43,44)22(47,48)24(51,52)26(55,56)28(59,60)30(63,64)32(67,68)34(72,73)74/h9-10H,1-8H2. The molecule has 2 heterocycles. The van der Waals surface area contributed by atoms with Crippen LogP contribution in [0.15, 0.2) is 0 Å². The van der Waals surface area contributed by atoms with Crippen molar-refractivity contribution >= 4 is 0 Å². The Balaban J connectivity index is 1.36. The van der Waals surface area contributed by atoms with Gasteiger partial charge >= 0.3 is 107 Å². The van der Waals surface area contributed by atoms with E-state index < -0.39 is 204 Å². The highest BCUT2D eigenvalue weighted by Gasteiger charge is 3.05. The van der Waals surface area contributed by atoms with E-state index in [1.165, 1.54) is 0 Å². The zero-order valence-electron chi connectivity index (χ0n) is 35.2. The first-order chi connectivity index (χ1) is 33.3. The highest BCUT2D eigenvalue weighted by atomic mass is 19.4. The van der Waals surface area contributed by atoms with E-state index in [1.54, 1.807) is 0 Å². The first kappa shape index (κ1) is 63.3. The predicted octanol–water partition coefficient (Wildman–Crippen LogP) is 14.6. The number of epoxide rings is 2. The van der Waals surface area contributed by atoms with Crippen molar-refractivity contribution in [1.29, 1.82) is 0 Å². The Morgan fingerprint density at radius 1 is 0.260 bits per heavy atom. The van der Waals surface area contributed by atoms with Gasteiger partial charge in [0.25, 0.3) is 0 Å². The number of rotatable bonds is 22. The molecule has 4 unspecified atom stereocenters. The summed E-state index contributed by atoms with van der Waals surface area (Å²) in [5.41, 5.74) is -24.0. The fraction of sp³-hybridized carbons (Fsp3) is 1.00. The van der Waals surface area contributed by atoms with Crippen molar-refractivity contribution in [2.45, 2.75) is 204 Å². The summed E-state index contributed by atoms with van der Waals surface area (Å²) in [7, 11) is 0. The van der Waals surface area contributed by atoms with Crippen LogP contribution in [0, 0.1) is 0 Å². The van der Waals surface area contributed by atoms with Gasteiger partial charge in [-0.25, -0.2) is 8.78 Å². The molecule has 0 N–H and O–H groups in total. The Morgan fingerprint density at radius 2 is 0.442 bits per heavy atom. The molecule has 2 spiro atoms. The van der Waals surface area contributed by atoms with Gasteiger partial charge in [0.15, 0.2) is 11.2 Å². The Hall–Kier alpha value is -2.92. The van der Waals surface area contributed by atoms with Gasteiger partial charge in [-0.1, -0.05) is 0 Å². The average Bonchev–Trinajstić information content (AvgIpc) is 4.02. The normalized spacial score (nSPS) is 27.4. The molecule has 0 aromatic rings. The SMILES string of the molecule is FC(C(F)(F)C(F)(F)C(F)(F)C(F)(F)C(F)(F)C(F)(F)C(F)(F)C(F)(F)F)C(F)(F)C1(C2(OC3(C4(C(F)(F)C(F)C(F)(F)C(F)(F)C(F)(F)C(F)(F)C(F)(F)C(F)(F)C(F)(F)C(F)(F)F)OC45CC5)CC3)CC2)OC12CC2. The van der Waals surface area contributed by atoms with Gasteiger partial charge in [-0.15, -0.1) is 0 Å². The summed E-state index contributed by atoms with van der Waals surface area (Å²) in [5.74, 6) is -142. The lowest BCUT2D eigenvalue weighted by Gasteiger charge is -2.45. The van der Waals surface area contributed by atoms with E-state index in [4.69, 9.17) is 4.74 Å². The molecule has 77 heavy (non-hydrogen) atoms. The largest absolute Gasteiger partial charge is 0.460 e. The van der Waals surface area contributed by atoms with Gasteiger partial charge < -0.3 is 14.2 Å². The molecule has 2 aliphatic heterocycles. The smallest absolute Gasteiger partial charge is 0.362 e. The second kappa shape index (κ2) is 15.2. The van der Waals surface area contributed by atoms with Gasteiger partial charge in [-0.2, -0.15) is 167 Å². The first-order valence-electron chi connectivity index (χ1n) is 19.8. The molecular weight excluding hydrogens is 1220 g/mol. The summed E-state index contributed by atoms with van der Waals surface area (Å²) in [6.45, 7) is 0. The molecule has 43 heteroatoms. The Morgan fingerprint density at radius 3 is 0.597 bits per heavy atom. The van der Waals surface area contributed by atoms with Crippen LogP contribution in [0.25, 0.3) is 0 Å². The van der Waals surface area contributed by atoms with E-state index in [0.717, 1.165) is 0 Å². The number of ether oxygens (including phenoxy) is 3. The minimum absolute atomic E-state index is 1.26. The van der Waals surface area contributed by atoms with Crippen LogP contribution in [-0.4, -0.2) is 153 Å². The highest BCUT2D eigenvalue weighted by molar-refractivity contribution is 5.46. The molecule has 0 bridgehead atoms. The lowest BCUT2D eigenvalue weighted by molar-refractivity contribution is -0.465. The summed E-state index contributed by atoms with van der Waals surface area (Å²) in [4.78, 5) is 0. The van der Waals surface area contributed by atoms with Gasteiger partial charge in [0.1, 0.15) is 22.4 Å². The molecule has 6 rings (SSSR count). The van der Waals surface area contributed by atoms with E-state index in [2.05, 4.69) is 9.47 Å². The van der Waals surface area contributed by atoms with Crippen LogP contribution >= 0.6 is 0 Å². The number of halogens is 40. The number of hydrogen-bond donors (Lipinski definition) is 0. The Bertz CT molecular complexity index is 2190.